The average Bonchev–Trinajstić information content (AvgIpc) is 2.71. The van der Waals surface area contributed by atoms with Gasteiger partial charge in [-0.25, -0.2) is 0 Å². The van der Waals surface area contributed by atoms with Crippen molar-refractivity contribution in [1.82, 2.24) is 16.0 Å². The number of ether oxygens (including phenoxy) is 1. The Morgan fingerprint density at radius 3 is 2.55 bits per heavy atom. The SMILES string of the molecule is CC1=C(C(=O)NCc2ccccc2)[C@@H](c2ccccc2OCC(N)=O)NC(=S)N1. The Morgan fingerprint density at radius 2 is 1.83 bits per heavy atom. The molecule has 1 atom stereocenters. The van der Waals surface area contributed by atoms with Crippen molar-refractivity contribution in [2.45, 2.75) is 19.5 Å². The standard InChI is InChI=1S/C21H22N4O3S/c1-13-18(20(27)23-11-14-7-3-2-4-8-14)19(25-21(29)24-13)15-9-5-6-10-16(15)28-12-17(22)26/h2-10,19H,11-12H2,1H3,(H2,22,26)(H,23,27)(H2,24,25,29)/t19-/m1/s1. The van der Waals surface area contributed by atoms with Crippen molar-refractivity contribution >= 4 is 29.1 Å². The molecule has 0 saturated carbocycles. The van der Waals surface area contributed by atoms with E-state index in [-0.39, 0.29) is 12.5 Å². The minimum atomic E-state index is -0.582. The molecule has 7 nitrogen and oxygen atoms in total. The second kappa shape index (κ2) is 9.20. The van der Waals surface area contributed by atoms with Gasteiger partial charge >= 0.3 is 0 Å². The maximum absolute atomic E-state index is 13.0. The number of nitrogens with two attached hydrogens (primary N) is 1. The van der Waals surface area contributed by atoms with Crippen LogP contribution in [0.3, 0.4) is 0 Å². The summed E-state index contributed by atoms with van der Waals surface area (Å²) in [5.74, 6) is -0.362. The molecular formula is C21H22N4O3S. The van der Waals surface area contributed by atoms with Crippen LogP contribution < -0.4 is 26.4 Å². The van der Waals surface area contributed by atoms with E-state index in [0.29, 0.717) is 34.2 Å². The Balaban J connectivity index is 1.88. The Morgan fingerprint density at radius 1 is 1.14 bits per heavy atom. The van der Waals surface area contributed by atoms with Crippen molar-refractivity contribution in [3.8, 4) is 5.75 Å². The van der Waals surface area contributed by atoms with Crippen LogP contribution >= 0.6 is 12.2 Å². The van der Waals surface area contributed by atoms with Crippen LogP contribution in [0.5, 0.6) is 5.75 Å². The first-order valence-electron chi connectivity index (χ1n) is 9.06. The number of benzene rings is 2. The number of nitrogens with one attached hydrogen (secondary N) is 3. The number of hydrogen-bond donors (Lipinski definition) is 4. The lowest BCUT2D eigenvalue weighted by Crippen LogP contribution is -2.46. The summed E-state index contributed by atoms with van der Waals surface area (Å²) in [7, 11) is 0. The number of carbonyl (C=O) groups excluding carboxylic acids is 2. The van der Waals surface area contributed by atoms with Crippen LogP contribution in [0.1, 0.15) is 24.1 Å². The number of para-hydroxylation sites is 1. The summed E-state index contributed by atoms with van der Waals surface area (Å²) < 4.78 is 5.55. The summed E-state index contributed by atoms with van der Waals surface area (Å²) in [6.45, 7) is 1.93. The van der Waals surface area contributed by atoms with E-state index in [1.165, 1.54) is 0 Å². The molecule has 3 rings (SSSR count). The van der Waals surface area contributed by atoms with Crippen molar-refractivity contribution < 1.29 is 14.3 Å². The lowest BCUT2D eigenvalue weighted by Gasteiger charge is -2.31. The molecule has 2 amide bonds. The molecule has 0 saturated heterocycles. The van der Waals surface area contributed by atoms with Gasteiger partial charge in [-0.1, -0.05) is 48.5 Å². The van der Waals surface area contributed by atoms with Crippen LogP contribution in [-0.2, 0) is 16.1 Å². The number of carbonyl (C=O) groups is 2. The molecule has 8 heteroatoms. The fraction of sp³-hybridized carbons (Fsp3) is 0.190. The van der Waals surface area contributed by atoms with Crippen LogP contribution in [0.4, 0.5) is 0 Å². The number of allylic oxidation sites excluding steroid dienone is 1. The van der Waals surface area contributed by atoms with Gasteiger partial charge in [-0.3, -0.25) is 9.59 Å². The summed E-state index contributed by atoms with van der Waals surface area (Å²) in [5.41, 5.74) is 8.01. The molecule has 0 aromatic heterocycles. The lowest BCUT2D eigenvalue weighted by atomic mass is 9.94. The van der Waals surface area contributed by atoms with Crippen LogP contribution in [-0.4, -0.2) is 23.5 Å². The van der Waals surface area contributed by atoms with E-state index in [1.54, 1.807) is 19.1 Å². The van der Waals surface area contributed by atoms with Crippen molar-refractivity contribution in [3.05, 3.63) is 77.0 Å². The quantitative estimate of drug-likeness (QED) is 0.518. The van der Waals surface area contributed by atoms with Crippen LogP contribution in [0.25, 0.3) is 0 Å². The van der Waals surface area contributed by atoms with Gasteiger partial charge < -0.3 is 26.4 Å². The van der Waals surface area contributed by atoms with E-state index in [2.05, 4.69) is 16.0 Å². The normalized spacial score (nSPS) is 15.9. The third-order valence-electron chi connectivity index (χ3n) is 4.41. The van der Waals surface area contributed by atoms with E-state index in [4.69, 9.17) is 22.7 Å². The summed E-state index contributed by atoms with van der Waals surface area (Å²) >= 11 is 5.29. The number of thiocarbonyl (C=S) groups is 1. The van der Waals surface area contributed by atoms with Gasteiger partial charge in [0.15, 0.2) is 11.7 Å². The molecule has 0 aliphatic carbocycles. The van der Waals surface area contributed by atoms with E-state index < -0.39 is 11.9 Å². The molecule has 0 spiro atoms. The number of rotatable bonds is 7. The number of primary amides is 1. The van der Waals surface area contributed by atoms with Gasteiger partial charge in [0.05, 0.1) is 11.6 Å². The van der Waals surface area contributed by atoms with Crippen molar-refractivity contribution in [2.24, 2.45) is 5.73 Å². The van der Waals surface area contributed by atoms with Crippen molar-refractivity contribution in [1.29, 1.82) is 0 Å². The molecule has 1 aliphatic heterocycles. The molecule has 2 aromatic carbocycles. The molecular weight excluding hydrogens is 388 g/mol. The first-order valence-corrected chi connectivity index (χ1v) is 9.47. The predicted octanol–water partition coefficient (Wildman–Crippen LogP) is 1.66. The predicted molar refractivity (Wildman–Crippen MR) is 114 cm³/mol. The van der Waals surface area contributed by atoms with Gasteiger partial charge in [-0.2, -0.15) is 0 Å². The monoisotopic (exact) mass is 410 g/mol. The molecule has 0 unspecified atom stereocenters. The molecule has 29 heavy (non-hydrogen) atoms. The highest BCUT2D eigenvalue weighted by Gasteiger charge is 2.31. The van der Waals surface area contributed by atoms with E-state index in [9.17, 15) is 9.59 Å². The van der Waals surface area contributed by atoms with Crippen LogP contribution in [0.2, 0.25) is 0 Å². The van der Waals surface area contributed by atoms with Crippen molar-refractivity contribution in [2.75, 3.05) is 6.61 Å². The summed E-state index contributed by atoms with van der Waals surface area (Å²) in [5, 5.41) is 9.48. The zero-order valence-corrected chi connectivity index (χ0v) is 16.7. The highest BCUT2D eigenvalue weighted by molar-refractivity contribution is 7.80. The molecule has 5 N–H and O–H groups in total. The molecule has 150 valence electrons. The van der Waals surface area contributed by atoms with Gasteiger partial charge in [0, 0.05) is 17.8 Å². The number of hydrogen-bond acceptors (Lipinski definition) is 4. The maximum atomic E-state index is 13.0. The molecule has 1 heterocycles. The minimum absolute atomic E-state index is 0.233. The largest absolute Gasteiger partial charge is 0.483 e. The molecule has 0 bridgehead atoms. The van der Waals surface area contributed by atoms with Gasteiger partial charge in [-0.05, 0) is 30.8 Å². The second-order valence-electron chi connectivity index (χ2n) is 6.53. The molecule has 0 radical (unpaired) electrons. The van der Waals surface area contributed by atoms with E-state index >= 15 is 0 Å². The van der Waals surface area contributed by atoms with Gasteiger partial charge in [0.2, 0.25) is 0 Å². The smallest absolute Gasteiger partial charge is 0.255 e. The Bertz CT molecular complexity index is 959. The zero-order chi connectivity index (χ0) is 20.8. The third-order valence-corrected chi connectivity index (χ3v) is 4.63. The Hall–Kier alpha value is -3.39. The third kappa shape index (κ3) is 5.11. The minimum Gasteiger partial charge on any atom is -0.483 e. The molecule has 1 aliphatic rings. The van der Waals surface area contributed by atoms with Crippen molar-refractivity contribution in [3.63, 3.8) is 0 Å². The first kappa shape index (κ1) is 20.3. The van der Waals surface area contributed by atoms with Gasteiger partial charge in [-0.15, -0.1) is 0 Å². The van der Waals surface area contributed by atoms with Gasteiger partial charge in [0.1, 0.15) is 5.75 Å². The average molecular weight is 410 g/mol. The topological polar surface area (TPSA) is 105 Å². The summed E-state index contributed by atoms with van der Waals surface area (Å²) in [4.78, 5) is 24.2. The Labute approximate surface area is 174 Å². The van der Waals surface area contributed by atoms with E-state index in [1.807, 2.05) is 42.5 Å². The Kier molecular flexibility index (Phi) is 6.46. The fourth-order valence-corrected chi connectivity index (χ4v) is 3.37. The fourth-order valence-electron chi connectivity index (χ4n) is 3.10. The lowest BCUT2D eigenvalue weighted by molar-refractivity contribution is -0.120. The highest BCUT2D eigenvalue weighted by Crippen LogP contribution is 2.33. The second-order valence-corrected chi connectivity index (χ2v) is 6.94. The van der Waals surface area contributed by atoms with E-state index in [0.717, 1.165) is 5.56 Å². The van der Waals surface area contributed by atoms with Gasteiger partial charge in [0.25, 0.3) is 11.8 Å². The highest BCUT2D eigenvalue weighted by atomic mass is 32.1. The number of amides is 2. The maximum Gasteiger partial charge on any atom is 0.255 e. The van der Waals surface area contributed by atoms with Crippen LogP contribution in [0, 0.1) is 0 Å². The summed E-state index contributed by atoms with van der Waals surface area (Å²) in [6.07, 6.45) is 0. The molecule has 2 aromatic rings. The zero-order valence-electron chi connectivity index (χ0n) is 15.9. The first-order chi connectivity index (χ1) is 14.0. The van der Waals surface area contributed by atoms with Crippen LogP contribution in [0.15, 0.2) is 65.9 Å². The summed E-state index contributed by atoms with van der Waals surface area (Å²) in [6, 6.07) is 16.3. The molecule has 0 fully saturated rings.